The average molecular weight is 343 g/mol. The van der Waals surface area contributed by atoms with E-state index in [2.05, 4.69) is 17.2 Å². The molecule has 0 spiro atoms. The molecule has 1 aromatic heterocycles. The number of rotatable bonds is 4. The summed E-state index contributed by atoms with van der Waals surface area (Å²) >= 11 is 0. The third kappa shape index (κ3) is 3.67. The zero-order valence-corrected chi connectivity index (χ0v) is 14.8. The van der Waals surface area contributed by atoms with E-state index >= 15 is 0 Å². The number of nitrogens with one attached hydrogen (secondary N) is 2. The van der Waals surface area contributed by atoms with Crippen LogP contribution in [0.4, 0.5) is 5.69 Å². The number of aromatic amines is 1. The number of hydrogen-bond donors (Lipinski definition) is 2. The zero-order chi connectivity index (χ0) is 18.0. The molecule has 1 aromatic carbocycles. The lowest BCUT2D eigenvalue weighted by atomic mass is 9.83. The van der Waals surface area contributed by atoms with Gasteiger partial charge in [-0.2, -0.15) is 0 Å². The van der Waals surface area contributed by atoms with E-state index < -0.39 is 0 Å². The number of hydrogen-bond acceptors (Lipinski definition) is 3. The number of carbonyl (C=O) groups excluding carboxylic acids is 1. The van der Waals surface area contributed by atoms with Crippen LogP contribution in [0, 0.1) is 5.92 Å². The lowest BCUT2D eigenvalue weighted by molar-refractivity contribution is -0.114. The quantitative estimate of drug-likeness (QED) is 0.894. The van der Waals surface area contributed by atoms with Gasteiger partial charge in [0.05, 0.1) is 10.9 Å². The van der Waals surface area contributed by atoms with Crippen molar-refractivity contribution >= 4 is 22.5 Å². The average Bonchev–Trinajstić information content (AvgIpc) is 2.57. The predicted molar refractivity (Wildman–Crippen MR) is 99.0 cm³/mol. The van der Waals surface area contributed by atoms with E-state index in [-0.39, 0.29) is 23.2 Å². The highest BCUT2D eigenvalue weighted by molar-refractivity contribution is 5.91. The second-order valence-corrected chi connectivity index (χ2v) is 7.01. The molecule has 0 radical (unpaired) electrons. The van der Waals surface area contributed by atoms with Gasteiger partial charge < -0.3 is 10.3 Å². The molecular formula is C19H25N3O3. The smallest absolute Gasteiger partial charge is 0.326 e. The van der Waals surface area contributed by atoms with Crippen LogP contribution in [0.2, 0.25) is 0 Å². The van der Waals surface area contributed by atoms with Gasteiger partial charge in [-0.25, -0.2) is 4.79 Å². The third-order valence-corrected chi connectivity index (χ3v) is 5.13. The maximum atomic E-state index is 12.9. The highest BCUT2D eigenvalue weighted by Crippen LogP contribution is 2.33. The molecule has 1 aliphatic rings. The molecule has 1 heterocycles. The molecule has 1 fully saturated rings. The summed E-state index contributed by atoms with van der Waals surface area (Å²) in [6.45, 7) is 3.61. The number of H-pyrrole nitrogens is 1. The Morgan fingerprint density at radius 3 is 2.60 bits per heavy atom. The Balaban J connectivity index is 1.97. The van der Waals surface area contributed by atoms with Crippen molar-refractivity contribution in [2.45, 2.75) is 58.4 Å². The van der Waals surface area contributed by atoms with E-state index in [4.69, 9.17) is 0 Å². The largest absolute Gasteiger partial charge is 0.329 e. The SMILES string of the molecule is CCCC1CCC(n2c(=O)[nH]c3ccc(NC(C)=O)cc3c2=O)CC1. The fourth-order valence-electron chi connectivity index (χ4n) is 3.94. The molecule has 134 valence electrons. The first-order chi connectivity index (χ1) is 12.0. The van der Waals surface area contributed by atoms with Crippen LogP contribution in [0.5, 0.6) is 0 Å². The zero-order valence-electron chi connectivity index (χ0n) is 14.8. The van der Waals surface area contributed by atoms with Crippen molar-refractivity contribution in [1.82, 2.24) is 9.55 Å². The Morgan fingerprint density at radius 2 is 1.96 bits per heavy atom. The lowest BCUT2D eigenvalue weighted by Crippen LogP contribution is -2.39. The van der Waals surface area contributed by atoms with E-state index in [0.717, 1.165) is 25.7 Å². The Morgan fingerprint density at radius 1 is 1.24 bits per heavy atom. The maximum Gasteiger partial charge on any atom is 0.329 e. The summed E-state index contributed by atoms with van der Waals surface area (Å²) in [7, 11) is 0. The van der Waals surface area contributed by atoms with Crippen molar-refractivity contribution in [3.05, 3.63) is 39.0 Å². The van der Waals surface area contributed by atoms with Gasteiger partial charge in [-0.1, -0.05) is 19.8 Å². The normalized spacial score (nSPS) is 20.6. The van der Waals surface area contributed by atoms with Gasteiger partial charge >= 0.3 is 5.69 Å². The molecule has 0 unspecified atom stereocenters. The third-order valence-electron chi connectivity index (χ3n) is 5.13. The van der Waals surface area contributed by atoms with Crippen LogP contribution >= 0.6 is 0 Å². The summed E-state index contributed by atoms with van der Waals surface area (Å²) in [6.07, 6.45) is 6.26. The fourth-order valence-corrected chi connectivity index (χ4v) is 3.94. The lowest BCUT2D eigenvalue weighted by Gasteiger charge is -2.29. The van der Waals surface area contributed by atoms with Gasteiger partial charge in [0, 0.05) is 18.7 Å². The summed E-state index contributed by atoms with van der Waals surface area (Å²) in [6, 6.07) is 4.93. The molecule has 0 bridgehead atoms. The van der Waals surface area contributed by atoms with Crippen molar-refractivity contribution in [2.75, 3.05) is 5.32 Å². The summed E-state index contributed by atoms with van der Waals surface area (Å²) in [5.41, 5.74) is 0.441. The van der Waals surface area contributed by atoms with Crippen molar-refractivity contribution in [1.29, 1.82) is 0 Å². The van der Waals surface area contributed by atoms with Crippen molar-refractivity contribution < 1.29 is 4.79 Å². The van der Waals surface area contributed by atoms with Crippen LogP contribution in [-0.4, -0.2) is 15.5 Å². The van der Waals surface area contributed by atoms with Crippen LogP contribution in [-0.2, 0) is 4.79 Å². The molecule has 0 atom stereocenters. The minimum Gasteiger partial charge on any atom is -0.326 e. The van der Waals surface area contributed by atoms with Gasteiger partial charge in [-0.3, -0.25) is 14.2 Å². The number of fused-ring (bicyclic) bond motifs is 1. The number of amides is 1. The Bertz CT molecular complexity index is 889. The van der Waals surface area contributed by atoms with E-state index in [9.17, 15) is 14.4 Å². The highest BCUT2D eigenvalue weighted by atomic mass is 16.2. The number of carbonyl (C=O) groups is 1. The number of aromatic nitrogens is 2. The summed E-state index contributed by atoms with van der Waals surface area (Å²) in [5, 5.41) is 3.11. The van der Waals surface area contributed by atoms with Gasteiger partial charge in [0.25, 0.3) is 5.56 Å². The number of benzene rings is 1. The maximum absolute atomic E-state index is 12.9. The van der Waals surface area contributed by atoms with Crippen LogP contribution in [0.3, 0.4) is 0 Å². The molecule has 3 rings (SSSR count). The number of anilines is 1. The molecule has 0 saturated heterocycles. The van der Waals surface area contributed by atoms with Crippen LogP contribution in [0.15, 0.2) is 27.8 Å². The monoisotopic (exact) mass is 343 g/mol. The molecule has 1 saturated carbocycles. The minimum atomic E-state index is -0.344. The number of nitrogens with zero attached hydrogens (tertiary/aromatic N) is 1. The minimum absolute atomic E-state index is 0.0434. The molecule has 1 aliphatic carbocycles. The van der Waals surface area contributed by atoms with Crippen LogP contribution < -0.4 is 16.6 Å². The summed E-state index contributed by atoms with van der Waals surface area (Å²) in [4.78, 5) is 39.4. The van der Waals surface area contributed by atoms with Gasteiger partial charge in [0.1, 0.15) is 0 Å². The van der Waals surface area contributed by atoms with E-state index in [1.54, 1.807) is 18.2 Å². The molecule has 6 heteroatoms. The van der Waals surface area contributed by atoms with Gasteiger partial charge in [0.2, 0.25) is 5.91 Å². The molecule has 6 nitrogen and oxygen atoms in total. The second kappa shape index (κ2) is 7.25. The summed E-state index contributed by atoms with van der Waals surface area (Å²) < 4.78 is 1.38. The highest BCUT2D eigenvalue weighted by Gasteiger charge is 2.24. The molecule has 2 N–H and O–H groups in total. The van der Waals surface area contributed by atoms with Crippen LogP contribution in [0.25, 0.3) is 10.9 Å². The standard InChI is InChI=1S/C19H25N3O3/c1-3-4-13-5-8-15(9-6-13)22-18(24)16-11-14(20-12(2)23)7-10-17(16)21-19(22)25/h7,10-11,13,15H,3-6,8-9H2,1-2H3,(H,20,23)(H,21,25). The van der Waals surface area contributed by atoms with Crippen molar-refractivity contribution in [3.8, 4) is 0 Å². The molecule has 25 heavy (non-hydrogen) atoms. The molecule has 0 aliphatic heterocycles. The predicted octanol–water partition coefficient (Wildman–Crippen LogP) is 3.18. The Kier molecular flexibility index (Phi) is 5.06. The van der Waals surface area contributed by atoms with E-state index in [1.165, 1.54) is 24.3 Å². The van der Waals surface area contributed by atoms with Gasteiger partial charge in [-0.05, 0) is 49.8 Å². The fraction of sp³-hybridized carbons (Fsp3) is 0.526. The molecular weight excluding hydrogens is 318 g/mol. The van der Waals surface area contributed by atoms with Crippen molar-refractivity contribution in [2.24, 2.45) is 5.92 Å². The van der Waals surface area contributed by atoms with Gasteiger partial charge in [0.15, 0.2) is 0 Å². The topological polar surface area (TPSA) is 84.0 Å². The Hall–Kier alpha value is -2.37. The molecule has 2 aromatic rings. The first-order valence-corrected chi connectivity index (χ1v) is 9.05. The van der Waals surface area contributed by atoms with E-state index in [0.29, 0.717) is 22.5 Å². The van der Waals surface area contributed by atoms with Crippen molar-refractivity contribution in [3.63, 3.8) is 0 Å². The second-order valence-electron chi connectivity index (χ2n) is 7.01. The van der Waals surface area contributed by atoms with E-state index in [1.807, 2.05) is 0 Å². The van der Waals surface area contributed by atoms with Gasteiger partial charge in [-0.15, -0.1) is 0 Å². The molecule has 1 amide bonds. The summed E-state index contributed by atoms with van der Waals surface area (Å²) in [5.74, 6) is 0.515. The van der Waals surface area contributed by atoms with Crippen LogP contribution in [0.1, 0.15) is 58.4 Å². The first kappa shape index (κ1) is 17.5. The Labute approximate surface area is 146 Å². The first-order valence-electron chi connectivity index (χ1n) is 9.05.